The first-order valence-corrected chi connectivity index (χ1v) is 13.9. The quantitative estimate of drug-likeness (QED) is 0.367. The van der Waals surface area contributed by atoms with Gasteiger partial charge in [-0.3, -0.25) is 9.88 Å². The first-order chi connectivity index (χ1) is 18.5. The van der Waals surface area contributed by atoms with Crippen molar-refractivity contribution >= 4 is 34.1 Å². The highest BCUT2D eigenvalue weighted by molar-refractivity contribution is 6.34. The largest absolute Gasteiger partial charge is 0.379 e. The summed E-state index contributed by atoms with van der Waals surface area (Å²) >= 11 is 6.59. The zero-order valence-corrected chi connectivity index (χ0v) is 22.8. The number of benzene rings is 1. The van der Waals surface area contributed by atoms with Gasteiger partial charge in [-0.2, -0.15) is 0 Å². The number of halogens is 1. The highest BCUT2D eigenvalue weighted by atomic mass is 35.5. The van der Waals surface area contributed by atoms with Crippen LogP contribution in [0.25, 0.3) is 22.6 Å². The zero-order valence-electron chi connectivity index (χ0n) is 22.1. The summed E-state index contributed by atoms with van der Waals surface area (Å²) in [6.07, 6.45) is 7.68. The van der Waals surface area contributed by atoms with Gasteiger partial charge in [-0.25, -0.2) is 9.97 Å². The number of aromatic nitrogens is 4. The molecule has 38 heavy (non-hydrogen) atoms. The van der Waals surface area contributed by atoms with Gasteiger partial charge in [-0.15, -0.1) is 0 Å². The van der Waals surface area contributed by atoms with Gasteiger partial charge in [-0.05, 0) is 75.8 Å². The van der Waals surface area contributed by atoms with Crippen molar-refractivity contribution in [2.45, 2.75) is 38.4 Å². The van der Waals surface area contributed by atoms with Crippen LogP contribution >= 0.6 is 11.6 Å². The highest BCUT2D eigenvalue weighted by Crippen LogP contribution is 2.32. The van der Waals surface area contributed by atoms with Gasteiger partial charge in [0.1, 0.15) is 11.3 Å². The van der Waals surface area contributed by atoms with E-state index in [2.05, 4.69) is 79.3 Å². The third-order valence-corrected chi connectivity index (χ3v) is 8.21. The van der Waals surface area contributed by atoms with Crippen molar-refractivity contribution < 1.29 is 0 Å². The number of piperazine rings is 1. The fourth-order valence-electron chi connectivity index (χ4n) is 5.59. The summed E-state index contributed by atoms with van der Waals surface area (Å²) < 4.78 is 0. The first kappa shape index (κ1) is 25.1. The number of nitrogens with zero attached hydrogens (tertiary/aromatic N) is 6. The minimum absolute atomic E-state index is 0.396. The number of nitrogens with one attached hydrogen (secondary N) is 2. The predicted octanol–water partition coefficient (Wildman–Crippen LogP) is 4.89. The lowest BCUT2D eigenvalue weighted by Crippen LogP contribution is -2.51. The van der Waals surface area contributed by atoms with Gasteiger partial charge in [0, 0.05) is 61.9 Å². The minimum atomic E-state index is 0.396. The Labute approximate surface area is 229 Å². The van der Waals surface area contributed by atoms with Crippen molar-refractivity contribution in [2.24, 2.45) is 0 Å². The maximum atomic E-state index is 6.59. The minimum Gasteiger partial charge on any atom is -0.379 e. The average Bonchev–Trinajstić information content (AvgIpc) is 3.38. The van der Waals surface area contributed by atoms with Gasteiger partial charge >= 0.3 is 0 Å². The van der Waals surface area contributed by atoms with E-state index in [0.717, 1.165) is 74.7 Å². The van der Waals surface area contributed by atoms with E-state index in [1.807, 2.05) is 18.5 Å². The van der Waals surface area contributed by atoms with Crippen LogP contribution in [0.4, 0.5) is 11.4 Å². The molecule has 2 N–H and O–H groups in total. The molecular formula is C29H35ClN8. The van der Waals surface area contributed by atoms with Crippen LogP contribution in [0.3, 0.4) is 0 Å². The third-order valence-electron chi connectivity index (χ3n) is 7.92. The summed E-state index contributed by atoms with van der Waals surface area (Å²) in [7, 11) is 2.17. The molecule has 1 aromatic carbocycles. The van der Waals surface area contributed by atoms with Crippen molar-refractivity contribution in [2.75, 3.05) is 50.0 Å². The molecule has 6 rings (SSSR count). The lowest BCUT2D eigenvalue weighted by Gasteiger charge is -2.41. The topological polar surface area (TPSA) is 76.2 Å². The van der Waals surface area contributed by atoms with Crippen LogP contribution in [0.2, 0.25) is 5.02 Å². The lowest BCUT2D eigenvalue weighted by atomic mass is 10.1. The van der Waals surface area contributed by atoms with E-state index < -0.39 is 0 Å². The number of fused-ring (bicyclic) bond motifs is 1. The maximum Gasteiger partial charge on any atom is 0.180 e. The normalized spacial score (nSPS) is 19.8. The Balaban J connectivity index is 1.15. The van der Waals surface area contributed by atoms with Crippen LogP contribution in [-0.2, 0) is 6.54 Å². The molecule has 9 heteroatoms. The Morgan fingerprint density at radius 2 is 1.87 bits per heavy atom. The standard InChI is InChI=1S/C29H35ClN8/c1-20-18-38(15-14-37(20)19-21-4-3-11-31-16-21)24-7-5-22(6-8-24)28-34-27-26(25(30)17-32-29(27)35-28)33-23-9-12-36(2)13-10-23/h3-8,11,16-17,20,23H,9-10,12-15,18-19H2,1-2H3,(H2,32,33,34,35). The Hall–Kier alpha value is -3.20. The number of hydrogen-bond donors (Lipinski definition) is 2. The van der Waals surface area contributed by atoms with Crippen LogP contribution in [0.15, 0.2) is 55.0 Å². The molecule has 4 aromatic rings. The van der Waals surface area contributed by atoms with Crippen LogP contribution in [0.1, 0.15) is 25.3 Å². The molecule has 0 amide bonds. The molecule has 0 aliphatic carbocycles. The fourth-order valence-corrected chi connectivity index (χ4v) is 5.79. The summed E-state index contributed by atoms with van der Waals surface area (Å²) in [4.78, 5) is 24.4. The van der Waals surface area contributed by atoms with Crippen LogP contribution < -0.4 is 10.2 Å². The SMILES string of the molecule is CC1CN(c2ccc(-c3nc4ncc(Cl)c(NC5CCN(C)CC5)c4[nH]3)cc2)CCN1Cc1cccnc1. The first-order valence-electron chi connectivity index (χ1n) is 13.5. The van der Waals surface area contributed by atoms with E-state index in [4.69, 9.17) is 16.6 Å². The van der Waals surface area contributed by atoms with Crippen LogP contribution in [0, 0.1) is 0 Å². The Morgan fingerprint density at radius 3 is 2.61 bits per heavy atom. The molecular weight excluding hydrogens is 496 g/mol. The number of piperidine rings is 1. The molecule has 5 heterocycles. The molecule has 8 nitrogen and oxygen atoms in total. The maximum absolute atomic E-state index is 6.59. The molecule has 3 aromatic heterocycles. The molecule has 0 bridgehead atoms. The number of pyridine rings is 2. The van der Waals surface area contributed by atoms with Gasteiger partial charge in [0.2, 0.25) is 0 Å². The summed E-state index contributed by atoms with van der Waals surface area (Å²) in [5.74, 6) is 0.808. The summed E-state index contributed by atoms with van der Waals surface area (Å²) in [6.45, 7) is 8.45. The van der Waals surface area contributed by atoms with Crippen molar-refractivity contribution in [3.8, 4) is 11.4 Å². The van der Waals surface area contributed by atoms with Crippen LogP contribution in [0.5, 0.6) is 0 Å². The van der Waals surface area contributed by atoms with Crippen LogP contribution in [-0.4, -0.2) is 81.6 Å². The molecule has 2 saturated heterocycles. The van der Waals surface area contributed by atoms with E-state index >= 15 is 0 Å². The van der Waals surface area contributed by atoms with Gasteiger partial charge in [0.25, 0.3) is 0 Å². The number of hydrogen-bond acceptors (Lipinski definition) is 7. The molecule has 0 spiro atoms. The average molecular weight is 531 g/mol. The lowest BCUT2D eigenvalue weighted by molar-refractivity contribution is 0.181. The third kappa shape index (κ3) is 5.34. The molecule has 1 atom stereocenters. The molecule has 1 unspecified atom stereocenters. The molecule has 0 saturated carbocycles. The predicted molar refractivity (Wildman–Crippen MR) is 155 cm³/mol. The second-order valence-electron chi connectivity index (χ2n) is 10.7. The molecule has 198 valence electrons. The number of imidazole rings is 1. The monoisotopic (exact) mass is 530 g/mol. The second-order valence-corrected chi connectivity index (χ2v) is 11.1. The molecule has 0 radical (unpaired) electrons. The van der Waals surface area contributed by atoms with Gasteiger partial charge in [-0.1, -0.05) is 17.7 Å². The van der Waals surface area contributed by atoms with Gasteiger partial charge in [0.05, 0.1) is 16.9 Å². The Bertz CT molecular complexity index is 1360. The number of aromatic amines is 1. The van der Waals surface area contributed by atoms with E-state index in [-0.39, 0.29) is 0 Å². The number of likely N-dealkylation sites (tertiary alicyclic amines) is 1. The van der Waals surface area contributed by atoms with E-state index in [9.17, 15) is 0 Å². The van der Waals surface area contributed by atoms with Gasteiger partial charge in [0.15, 0.2) is 5.65 Å². The fraction of sp³-hybridized carbons (Fsp3) is 0.414. The second kappa shape index (κ2) is 10.9. The number of rotatable bonds is 6. The zero-order chi connectivity index (χ0) is 26.1. The van der Waals surface area contributed by atoms with Crippen molar-refractivity contribution in [3.63, 3.8) is 0 Å². The molecule has 2 fully saturated rings. The van der Waals surface area contributed by atoms with Gasteiger partial charge < -0.3 is 20.1 Å². The van der Waals surface area contributed by atoms with E-state index in [1.54, 1.807) is 6.20 Å². The molecule has 2 aliphatic rings. The number of anilines is 2. The van der Waals surface area contributed by atoms with Crippen molar-refractivity contribution in [1.29, 1.82) is 0 Å². The summed E-state index contributed by atoms with van der Waals surface area (Å²) in [5.41, 5.74) is 6.00. The Kier molecular flexibility index (Phi) is 7.19. The summed E-state index contributed by atoms with van der Waals surface area (Å²) in [6, 6.07) is 13.7. The van der Waals surface area contributed by atoms with Crippen molar-refractivity contribution in [3.05, 3.63) is 65.6 Å². The molecule has 2 aliphatic heterocycles. The van der Waals surface area contributed by atoms with E-state index in [0.29, 0.717) is 22.8 Å². The number of H-pyrrole nitrogens is 1. The highest BCUT2D eigenvalue weighted by Gasteiger charge is 2.24. The summed E-state index contributed by atoms with van der Waals surface area (Å²) in [5, 5.41) is 4.29. The Morgan fingerprint density at radius 1 is 1.05 bits per heavy atom. The smallest absolute Gasteiger partial charge is 0.180 e. The van der Waals surface area contributed by atoms with E-state index in [1.165, 1.54) is 11.3 Å². The van der Waals surface area contributed by atoms with Crippen molar-refractivity contribution in [1.82, 2.24) is 29.7 Å².